The van der Waals surface area contributed by atoms with Gasteiger partial charge in [-0.2, -0.15) is 0 Å². The summed E-state index contributed by atoms with van der Waals surface area (Å²) in [5.41, 5.74) is 0.465. The summed E-state index contributed by atoms with van der Waals surface area (Å²) >= 11 is 1.51. The Labute approximate surface area is 181 Å². The van der Waals surface area contributed by atoms with Crippen LogP contribution >= 0.6 is 11.8 Å². The summed E-state index contributed by atoms with van der Waals surface area (Å²) in [5, 5.41) is 4.92. The van der Waals surface area contributed by atoms with Gasteiger partial charge in [-0.3, -0.25) is 9.10 Å². The molecule has 0 radical (unpaired) electrons. The minimum atomic E-state index is -3.60. The lowest BCUT2D eigenvalue weighted by Gasteiger charge is -2.22. The van der Waals surface area contributed by atoms with Crippen LogP contribution in [0, 0.1) is 0 Å². The summed E-state index contributed by atoms with van der Waals surface area (Å²) < 4.78 is 31.2. The van der Waals surface area contributed by atoms with Crippen molar-refractivity contribution in [2.24, 2.45) is 0 Å². The predicted molar refractivity (Wildman–Crippen MR) is 123 cm³/mol. The van der Waals surface area contributed by atoms with Crippen LogP contribution in [0.3, 0.4) is 0 Å². The molecule has 6 nitrogen and oxygen atoms in total. The Balaban J connectivity index is 1.55. The van der Waals surface area contributed by atoms with E-state index in [-0.39, 0.29) is 19.7 Å². The van der Waals surface area contributed by atoms with E-state index in [4.69, 9.17) is 4.74 Å². The van der Waals surface area contributed by atoms with Gasteiger partial charge in [0.05, 0.1) is 18.5 Å². The van der Waals surface area contributed by atoms with Gasteiger partial charge in [-0.15, -0.1) is 11.8 Å². The van der Waals surface area contributed by atoms with Crippen molar-refractivity contribution in [2.45, 2.75) is 4.90 Å². The first kappa shape index (κ1) is 22.0. The van der Waals surface area contributed by atoms with Crippen molar-refractivity contribution in [1.82, 2.24) is 5.32 Å². The fourth-order valence-corrected chi connectivity index (χ4v) is 4.27. The van der Waals surface area contributed by atoms with Crippen molar-refractivity contribution >= 4 is 44.2 Å². The lowest BCUT2D eigenvalue weighted by molar-refractivity contribution is -0.119. The van der Waals surface area contributed by atoms with Crippen molar-refractivity contribution in [3.8, 4) is 5.75 Å². The molecule has 1 amide bonds. The Morgan fingerprint density at radius 3 is 2.53 bits per heavy atom. The molecule has 158 valence electrons. The highest BCUT2D eigenvalue weighted by Crippen LogP contribution is 2.24. The number of carbonyl (C=O) groups excluding carboxylic acids is 1. The topological polar surface area (TPSA) is 75.7 Å². The van der Waals surface area contributed by atoms with E-state index in [1.165, 1.54) is 11.8 Å². The number of hydrogen-bond acceptors (Lipinski definition) is 5. The van der Waals surface area contributed by atoms with Crippen LogP contribution < -0.4 is 14.4 Å². The van der Waals surface area contributed by atoms with E-state index < -0.39 is 15.9 Å². The molecule has 0 fully saturated rings. The average molecular weight is 445 g/mol. The average Bonchev–Trinajstić information content (AvgIpc) is 2.74. The first-order valence-corrected chi connectivity index (χ1v) is 12.4. The first-order chi connectivity index (χ1) is 14.4. The van der Waals surface area contributed by atoms with Crippen LogP contribution in [0.15, 0.2) is 71.6 Å². The number of nitrogens with one attached hydrogen (secondary N) is 1. The van der Waals surface area contributed by atoms with Crippen molar-refractivity contribution in [2.75, 3.05) is 36.5 Å². The number of fused-ring (bicyclic) bond motifs is 1. The van der Waals surface area contributed by atoms with Gasteiger partial charge in [-0.1, -0.05) is 36.4 Å². The van der Waals surface area contributed by atoms with Crippen molar-refractivity contribution in [3.05, 3.63) is 66.7 Å². The number of sulfonamides is 1. The highest BCUT2D eigenvalue weighted by molar-refractivity contribution is 7.98. The molecule has 0 atom stereocenters. The van der Waals surface area contributed by atoms with Gasteiger partial charge < -0.3 is 10.1 Å². The van der Waals surface area contributed by atoms with Crippen LogP contribution in [0.2, 0.25) is 0 Å². The zero-order valence-corrected chi connectivity index (χ0v) is 18.5. The van der Waals surface area contributed by atoms with Crippen LogP contribution in [0.5, 0.6) is 5.75 Å². The van der Waals surface area contributed by atoms with Gasteiger partial charge in [0.25, 0.3) is 0 Å². The second-order valence-electron chi connectivity index (χ2n) is 6.68. The maximum atomic E-state index is 12.3. The van der Waals surface area contributed by atoms with Crippen LogP contribution in [0.4, 0.5) is 5.69 Å². The summed E-state index contributed by atoms with van der Waals surface area (Å²) in [6.45, 7) is 0.270. The summed E-state index contributed by atoms with van der Waals surface area (Å²) in [5.74, 6) is 0.326. The van der Waals surface area contributed by atoms with Gasteiger partial charge in [-0.05, 0) is 47.4 Å². The second kappa shape index (κ2) is 9.86. The highest BCUT2D eigenvalue weighted by atomic mass is 32.2. The molecule has 0 saturated carbocycles. The van der Waals surface area contributed by atoms with E-state index in [0.717, 1.165) is 32.0 Å². The number of rotatable bonds is 9. The third-order valence-electron chi connectivity index (χ3n) is 4.44. The molecule has 3 aromatic rings. The molecule has 0 aliphatic carbocycles. The van der Waals surface area contributed by atoms with Crippen LogP contribution in [0.1, 0.15) is 0 Å². The molecule has 3 rings (SSSR count). The van der Waals surface area contributed by atoms with Crippen molar-refractivity contribution in [3.63, 3.8) is 0 Å². The van der Waals surface area contributed by atoms with Crippen molar-refractivity contribution in [1.29, 1.82) is 0 Å². The SMILES string of the molecule is CSc1cccc(N(CC(=O)NCCOc2ccc3ccccc3c2)S(C)(=O)=O)c1. The first-order valence-electron chi connectivity index (χ1n) is 9.37. The van der Waals surface area contributed by atoms with E-state index in [1.807, 2.05) is 54.8 Å². The Bertz CT molecular complexity index is 1130. The smallest absolute Gasteiger partial charge is 0.240 e. The number of thioether (sulfide) groups is 1. The van der Waals surface area contributed by atoms with Gasteiger partial charge >= 0.3 is 0 Å². The summed E-state index contributed by atoms with van der Waals surface area (Å²) in [7, 11) is -3.60. The lowest BCUT2D eigenvalue weighted by Crippen LogP contribution is -2.41. The van der Waals surface area contributed by atoms with E-state index in [0.29, 0.717) is 5.69 Å². The predicted octanol–water partition coefficient (Wildman–Crippen LogP) is 3.52. The molecule has 0 aliphatic heterocycles. The second-order valence-corrected chi connectivity index (χ2v) is 9.46. The maximum Gasteiger partial charge on any atom is 0.240 e. The molecular weight excluding hydrogens is 420 g/mol. The molecule has 1 N–H and O–H groups in total. The Hall–Kier alpha value is -2.71. The molecule has 0 heterocycles. The Morgan fingerprint density at radius 2 is 1.80 bits per heavy atom. The van der Waals surface area contributed by atoms with Crippen LogP contribution in [-0.4, -0.2) is 46.5 Å². The monoisotopic (exact) mass is 444 g/mol. The van der Waals surface area contributed by atoms with Gasteiger partial charge in [0.1, 0.15) is 18.9 Å². The molecule has 0 aromatic heterocycles. The third-order valence-corrected chi connectivity index (χ3v) is 6.31. The quantitative estimate of drug-likeness (QED) is 0.404. The third kappa shape index (κ3) is 5.90. The largest absolute Gasteiger partial charge is 0.492 e. The summed E-state index contributed by atoms with van der Waals surface area (Å²) in [6.07, 6.45) is 3.00. The lowest BCUT2D eigenvalue weighted by atomic mass is 10.1. The molecule has 8 heteroatoms. The molecule has 0 unspecified atom stereocenters. The number of nitrogens with zero attached hydrogens (tertiary/aromatic N) is 1. The zero-order chi connectivity index (χ0) is 21.6. The fraction of sp³-hybridized carbons (Fsp3) is 0.227. The number of amides is 1. The molecule has 30 heavy (non-hydrogen) atoms. The van der Waals surface area contributed by atoms with E-state index in [1.54, 1.807) is 18.2 Å². The summed E-state index contributed by atoms with van der Waals surface area (Å²) in [6, 6.07) is 20.9. The number of benzene rings is 3. The van der Waals surface area contributed by atoms with Crippen LogP contribution in [0.25, 0.3) is 10.8 Å². The van der Waals surface area contributed by atoms with E-state index in [2.05, 4.69) is 5.32 Å². The number of ether oxygens (including phenoxy) is 1. The minimum Gasteiger partial charge on any atom is -0.492 e. The van der Waals surface area contributed by atoms with Gasteiger partial charge in [-0.25, -0.2) is 8.42 Å². The maximum absolute atomic E-state index is 12.3. The molecular formula is C22H24N2O4S2. The van der Waals surface area contributed by atoms with Crippen molar-refractivity contribution < 1.29 is 17.9 Å². The Kier molecular flexibility index (Phi) is 7.23. The summed E-state index contributed by atoms with van der Waals surface area (Å²) in [4.78, 5) is 13.3. The van der Waals surface area contributed by atoms with Gasteiger partial charge in [0.2, 0.25) is 15.9 Å². The highest BCUT2D eigenvalue weighted by Gasteiger charge is 2.21. The fourth-order valence-electron chi connectivity index (χ4n) is 2.97. The Morgan fingerprint density at radius 1 is 1.03 bits per heavy atom. The molecule has 0 aliphatic rings. The molecule has 3 aromatic carbocycles. The number of hydrogen-bond donors (Lipinski definition) is 1. The van der Waals surface area contributed by atoms with Crippen LogP contribution in [-0.2, 0) is 14.8 Å². The normalized spacial score (nSPS) is 11.3. The minimum absolute atomic E-state index is 0.272. The van der Waals surface area contributed by atoms with Gasteiger partial charge in [0.15, 0.2) is 0 Å². The van der Waals surface area contributed by atoms with E-state index >= 15 is 0 Å². The zero-order valence-electron chi connectivity index (χ0n) is 16.9. The number of carbonyl (C=O) groups is 1. The molecule has 0 spiro atoms. The molecule has 0 saturated heterocycles. The standard InChI is InChI=1S/C22H24N2O4S2/c1-29-21-9-5-8-19(15-21)24(30(2,26)27)16-22(25)23-12-13-28-20-11-10-17-6-3-4-7-18(17)14-20/h3-11,14-15H,12-13,16H2,1-2H3,(H,23,25). The number of anilines is 1. The van der Waals surface area contributed by atoms with Gasteiger partial charge in [0, 0.05) is 4.90 Å². The molecule has 0 bridgehead atoms. The van der Waals surface area contributed by atoms with E-state index in [9.17, 15) is 13.2 Å².